The Morgan fingerprint density at radius 1 is 0.793 bits per heavy atom. The summed E-state index contributed by atoms with van der Waals surface area (Å²) in [4.78, 5) is 19.8. The smallest absolute Gasteiger partial charge is 0.222 e. The standard InChI is InChI=1S/C22H19ClN6/c23-19-10-2-1-9-18(19)20-13-21(28-22(24)27-20)29(14-16-7-3-5-11-25-16)15-17-8-4-6-12-26-17/h1-13H,14-15H2,(H2,24,27,28). The summed E-state index contributed by atoms with van der Waals surface area (Å²) in [6.07, 6.45) is 3.55. The molecule has 7 heteroatoms. The maximum atomic E-state index is 6.37. The molecule has 0 unspecified atom stereocenters. The van der Waals surface area contributed by atoms with Gasteiger partial charge in [0.2, 0.25) is 5.95 Å². The number of nitrogen functional groups attached to an aromatic ring is 1. The van der Waals surface area contributed by atoms with Crippen LogP contribution in [0.1, 0.15) is 11.4 Å². The van der Waals surface area contributed by atoms with Crippen molar-refractivity contribution in [2.75, 3.05) is 10.6 Å². The molecule has 0 aliphatic rings. The van der Waals surface area contributed by atoms with E-state index in [9.17, 15) is 0 Å². The van der Waals surface area contributed by atoms with Gasteiger partial charge in [0.25, 0.3) is 0 Å². The van der Waals surface area contributed by atoms with Crippen LogP contribution >= 0.6 is 11.6 Å². The number of hydrogen-bond donors (Lipinski definition) is 1. The number of hydrogen-bond acceptors (Lipinski definition) is 6. The number of halogens is 1. The number of aromatic nitrogens is 4. The summed E-state index contributed by atoms with van der Waals surface area (Å²) in [6, 6.07) is 21.1. The molecule has 4 rings (SSSR count). The maximum Gasteiger partial charge on any atom is 0.222 e. The zero-order valence-electron chi connectivity index (χ0n) is 15.6. The van der Waals surface area contributed by atoms with E-state index in [4.69, 9.17) is 17.3 Å². The Bertz CT molecular complexity index is 1050. The van der Waals surface area contributed by atoms with E-state index in [1.165, 1.54) is 0 Å². The average Bonchev–Trinajstić information content (AvgIpc) is 2.75. The number of nitrogens with zero attached hydrogens (tertiary/aromatic N) is 5. The van der Waals surface area contributed by atoms with Crippen molar-refractivity contribution in [2.45, 2.75) is 13.1 Å². The molecule has 0 aliphatic heterocycles. The van der Waals surface area contributed by atoms with Gasteiger partial charge in [0.05, 0.1) is 30.2 Å². The van der Waals surface area contributed by atoms with Crippen LogP contribution in [0.2, 0.25) is 5.02 Å². The van der Waals surface area contributed by atoms with E-state index in [-0.39, 0.29) is 5.95 Å². The number of rotatable bonds is 6. The molecule has 1 aromatic carbocycles. The Hall–Kier alpha value is -3.51. The molecule has 144 valence electrons. The summed E-state index contributed by atoms with van der Waals surface area (Å²) < 4.78 is 0. The molecule has 0 bridgehead atoms. The van der Waals surface area contributed by atoms with Crippen molar-refractivity contribution < 1.29 is 0 Å². The molecule has 0 amide bonds. The Balaban J connectivity index is 1.74. The van der Waals surface area contributed by atoms with Gasteiger partial charge in [0, 0.05) is 29.0 Å². The van der Waals surface area contributed by atoms with Crippen LogP contribution in [0, 0.1) is 0 Å². The van der Waals surface area contributed by atoms with Crippen molar-refractivity contribution in [1.82, 2.24) is 19.9 Å². The summed E-state index contributed by atoms with van der Waals surface area (Å²) in [6.45, 7) is 1.10. The third kappa shape index (κ3) is 4.67. The normalized spacial score (nSPS) is 10.7. The van der Waals surface area contributed by atoms with E-state index in [0.717, 1.165) is 17.0 Å². The number of benzene rings is 1. The van der Waals surface area contributed by atoms with Crippen molar-refractivity contribution in [3.63, 3.8) is 0 Å². The maximum absolute atomic E-state index is 6.37. The molecule has 0 atom stereocenters. The van der Waals surface area contributed by atoms with Gasteiger partial charge >= 0.3 is 0 Å². The van der Waals surface area contributed by atoms with Gasteiger partial charge in [-0.2, -0.15) is 4.98 Å². The first-order chi connectivity index (χ1) is 14.2. The van der Waals surface area contributed by atoms with E-state index in [1.807, 2.05) is 66.7 Å². The van der Waals surface area contributed by atoms with E-state index < -0.39 is 0 Å². The van der Waals surface area contributed by atoms with Gasteiger partial charge in [0.1, 0.15) is 5.82 Å². The summed E-state index contributed by atoms with van der Waals surface area (Å²) in [5.41, 5.74) is 9.36. The lowest BCUT2D eigenvalue weighted by molar-refractivity contribution is 0.751. The Morgan fingerprint density at radius 2 is 1.41 bits per heavy atom. The van der Waals surface area contributed by atoms with E-state index >= 15 is 0 Å². The molecule has 0 radical (unpaired) electrons. The van der Waals surface area contributed by atoms with Crippen LogP contribution in [0.3, 0.4) is 0 Å². The number of pyridine rings is 2. The molecule has 29 heavy (non-hydrogen) atoms. The molecular weight excluding hydrogens is 384 g/mol. The first-order valence-corrected chi connectivity index (χ1v) is 9.51. The average molecular weight is 403 g/mol. The second-order valence-corrected chi connectivity index (χ2v) is 6.85. The lowest BCUT2D eigenvalue weighted by Gasteiger charge is -2.24. The van der Waals surface area contributed by atoms with Crippen LogP contribution in [-0.2, 0) is 13.1 Å². The van der Waals surface area contributed by atoms with Gasteiger partial charge < -0.3 is 10.6 Å². The zero-order valence-corrected chi connectivity index (χ0v) is 16.4. The van der Waals surface area contributed by atoms with Crippen LogP contribution in [0.25, 0.3) is 11.3 Å². The summed E-state index contributed by atoms with van der Waals surface area (Å²) >= 11 is 6.37. The topological polar surface area (TPSA) is 80.8 Å². The molecule has 0 fully saturated rings. The second-order valence-electron chi connectivity index (χ2n) is 6.45. The van der Waals surface area contributed by atoms with Crippen molar-refractivity contribution in [2.24, 2.45) is 0 Å². The lowest BCUT2D eigenvalue weighted by Crippen LogP contribution is -2.24. The summed E-state index contributed by atoms with van der Waals surface area (Å²) in [7, 11) is 0. The predicted molar refractivity (Wildman–Crippen MR) is 115 cm³/mol. The number of anilines is 2. The third-order valence-corrected chi connectivity index (χ3v) is 4.69. The lowest BCUT2D eigenvalue weighted by atomic mass is 10.1. The highest BCUT2D eigenvalue weighted by atomic mass is 35.5. The Morgan fingerprint density at radius 3 is 2.00 bits per heavy atom. The first kappa shape index (κ1) is 18.8. The third-order valence-electron chi connectivity index (χ3n) is 4.36. The highest BCUT2D eigenvalue weighted by Gasteiger charge is 2.15. The van der Waals surface area contributed by atoms with E-state index in [2.05, 4.69) is 24.8 Å². The van der Waals surface area contributed by atoms with Crippen LogP contribution in [0.4, 0.5) is 11.8 Å². The second kappa shape index (κ2) is 8.67. The minimum atomic E-state index is 0.185. The highest BCUT2D eigenvalue weighted by molar-refractivity contribution is 6.33. The molecule has 3 aromatic heterocycles. The summed E-state index contributed by atoms with van der Waals surface area (Å²) in [5, 5.41) is 0.609. The van der Waals surface area contributed by atoms with Crippen LogP contribution in [0.5, 0.6) is 0 Å². The monoisotopic (exact) mass is 402 g/mol. The van der Waals surface area contributed by atoms with Gasteiger partial charge in [-0.3, -0.25) is 9.97 Å². The largest absolute Gasteiger partial charge is 0.368 e. The first-order valence-electron chi connectivity index (χ1n) is 9.13. The van der Waals surface area contributed by atoms with Crippen molar-refractivity contribution in [3.05, 3.63) is 95.5 Å². The zero-order chi connectivity index (χ0) is 20.1. The van der Waals surface area contributed by atoms with Crippen LogP contribution in [0.15, 0.2) is 79.1 Å². The van der Waals surface area contributed by atoms with E-state index in [1.54, 1.807) is 12.4 Å². The van der Waals surface area contributed by atoms with Crippen molar-refractivity contribution in [1.29, 1.82) is 0 Å². The quantitative estimate of drug-likeness (QED) is 0.515. The molecule has 0 spiro atoms. The van der Waals surface area contributed by atoms with Crippen LogP contribution < -0.4 is 10.6 Å². The van der Waals surface area contributed by atoms with Gasteiger partial charge in [0.15, 0.2) is 0 Å². The van der Waals surface area contributed by atoms with Gasteiger partial charge in [-0.1, -0.05) is 41.9 Å². The molecule has 4 aromatic rings. The SMILES string of the molecule is Nc1nc(-c2ccccc2Cl)cc(N(Cc2ccccn2)Cc2ccccn2)n1. The van der Waals surface area contributed by atoms with E-state index in [0.29, 0.717) is 29.6 Å². The Kier molecular flexibility index (Phi) is 5.63. The molecule has 6 nitrogen and oxygen atoms in total. The summed E-state index contributed by atoms with van der Waals surface area (Å²) in [5.74, 6) is 0.869. The fraction of sp³-hybridized carbons (Fsp3) is 0.0909. The van der Waals surface area contributed by atoms with Crippen molar-refractivity contribution in [3.8, 4) is 11.3 Å². The molecule has 0 saturated heterocycles. The molecule has 2 N–H and O–H groups in total. The molecular formula is C22H19ClN6. The fourth-order valence-corrected chi connectivity index (χ4v) is 3.25. The Labute approximate surface area is 174 Å². The molecule has 0 aliphatic carbocycles. The van der Waals surface area contributed by atoms with Crippen molar-refractivity contribution >= 4 is 23.4 Å². The minimum Gasteiger partial charge on any atom is -0.368 e. The number of nitrogens with two attached hydrogens (primary N) is 1. The van der Waals surface area contributed by atoms with Gasteiger partial charge in [-0.15, -0.1) is 0 Å². The van der Waals surface area contributed by atoms with Gasteiger partial charge in [-0.05, 0) is 30.3 Å². The predicted octanol–water partition coefficient (Wildman–Crippen LogP) is 4.38. The fourth-order valence-electron chi connectivity index (χ4n) is 3.01. The van der Waals surface area contributed by atoms with Gasteiger partial charge in [-0.25, -0.2) is 4.98 Å². The molecule has 0 saturated carbocycles. The van der Waals surface area contributed by atoms with Crippen LogP contribution in [-0.4, -0.2) is 19.9 Å². The minimum absolute atomic E-state index is 0.185. The molecule has 3 heterocycles. The highest BCUT2D eigenvalue weighted by Crippen LogP contribution is 2.29.